The van der Waals surface area contributed by atoms with Gasteiger partial charge in [-0.25, -0.2) is 0 Å². The molecule has 0 spiro atoms. The van der Waals surface area contributed by atoms with Crippen molar-refractivity contribution in [1.82, 2.24) is 0 Å². The number of para-hydroxylation sites is 2. The van der Waals surface area contributed by atoms with E-state index in [9.17, 15) is 5.11 Å². The lowest BCUT2D eigenvalue weighted by molar-refractivity contribution is -0.112. The van der Waals surface area contributed by atoms with Gasteiger partial charge in [-0.15, -0.1) is 0 Å². The Morgan fingerprint density at radius 2 is 1.33 bits per heavy atom. The van der Waals surface area contributed by atoms with E-state index >= 15 is 0 Å². The van der Waals surface area contributed by atoms with Crippen LogP contribution in [0.4, 0.5) is 0 Å². The van der Waals surface area contributed by atoms with Gasteiger partial charge in [-0.3, -0.25) is 0 Å². The van der Waals surface area contributed by atoms with Gasteiger partial charge in [0.15, 0.2) is 23.0 Å². The summed E-state index contributed by atoms with van der Waals surface area (Å²) < 4.78 is 16.3. The maximum atomic E-state index is 9.64. The van der Waals surface area contributed by atoms with Crippen LogP contribution in [0.2, 0.25) is 20.1 Å². The van der Waals surface area contributed by atoms with Crippen LogP contribution >= 0.6 is 46.4 Å². The molecule has 0 atom stereocenters. The van der Waals surface area contributed by atoms with E-state index in [2.05, 4.69) is 0 Å². The molecule has 0 aromatic heterocycles. The minimum absolute atomic E-state index is 0.0380. The second-order valence-corrected chi connectivity index (χ2v) is 5.53. The van der Waals surface area contributed by atoms with Crippen molar-refractivity contribution in [2.75, 3.05) is 0 Å². The van der Waals surface area contributed by atoms with E-state index in [1.165, 1.54) is 0 Å². The second-order valence-electron chi connectivity index (χ2n) is 4.02. The van der Waals surface area contributed by atoms with Gasteiger partial charge in [0.25, 0.3) is 0 Å². The number of rotatable bonds is 2. The molecule has 0 unspecified atom stereocenters. The number of fused-ring (bicyclic) bond motifs is 1. The van der Waals surface area contributed by atoms with Crippen LogP contribution in [0.1, 0.15) is 0 Å². The zero-order valence-corrected chi connectivity index (χ0v) is 13.1. The molecule has 2 aromatic rings. The lowest BCUT2D eigenvalue weighted by Crippen LogP contribution is -2.25. The van der Waals surface area contributed by atoms with Crippen LogP contribution in [0.5, 0.6) is 23.0 Å². The summed E-state index contributed by atoms with van der Waals surface area (Å²) >= 11 is 23.7. The molecule has 1 heterocycles. The first-order chi connectivity index (χ1) is 9.99. The molecule has 4 nitrogen and oxygen atoms in total. The SMILES string of the molecule is Oc1c(Cl)c(Cl)c(OC2Oc3ccccc3O2)c(Cl)c1Cl. The summed E-state index contributed by atoms with van der Waals surface area (Å²) in [6, 6.07) is 7.02. The topological polar surface area (TPSA) is 47.9 Å². The lowest BCUT2D eigenvalue weighted by Gasteiger charge is -2.16. The van der Waals surface area contributed by atoms with Crippen molar-refractivity contribution in [1.29, 1.82) is 0 Å². The molecular formula is C13H6Cl4O4. The quantitative estimate of drug-likeness (QED) is 0.746. The van der Waals surface area contributed by atoms with Crippen molar-refractivity contribution < 1.29 is 19.3 Å². The minimum atomic E-state index is -1.09. The molecule has 0 fully saturated rings. The molecule has 1 N–H and O–H groups in total. The average Bonchev–Trinajstić information content (AvgIpc) is 2.90. The number of aromatic hydroxyl groups is 1. The van der Waals surface area contributed by atoms with Crippen LogP contribution in [-0.2, 0) is 0 Å². The molecule has 0 radical (unpaired) electrons. The predicted molar refractivity (Wildman–Crippen MR) is 80.3 cm³/mol. The third-order valence-electron chi connectivity index (χ3n) is 2.71. The van der Waals surface area contributed by atoms with E-state index in [4.69, 9.17) is 60.6 Å². The van der Waals surface area contributed by atoms with Gasteiger partial charge in [-0.2, -0.15) is 0 Å². The van der Waals surface area contributed by atoms with Crippen molar-refractivity contribution in [3.8, 4) is 23.0 Å². The number of halogens is 4. The Morgan fingerprint density at radius 3 is 1.81 bits per heavy atom. The fraction of sp³-hybridized carbons (Fsp3) is 0.0769. The van der Waals surface area contributed by atoms with E-state index in [0.29, 0.717) is 11.5 Å². The van der Waals surface area contributed by atoms with Gasteiger partial charge in [0.1, 0.15) is 20.1 Å². The Balaban J connectivity index is 1.91. The first kappa shape index (κ1) is 14.7. The Kier molecular flexibility index (Phi) is 3.88. The van der Waals surface area contributed by atoms with Gasteiger partial charge in [-0.1, -0.05) is 58.5 Å². The maximum Gasteiger partial charge on any atom is 0.406 e. The summed E-state index contributed by atoms with van der Waals surface area (Å²) in [6.45, 7) is -1.09. The highest BCUT2D eigenvalue weighted by Crippen LogP contribution is 2.50. The van der Waals surface area contributed by atoms with E-state index < -0.39 is 12.2 Å². The summed E-state index contributed by atoms with van der Waals surface area (Å²) in [7, 11) is 0. The predicted octanol–water partition coefficient (Wildman–Crippen LogP) is 5.14. The first-order valence-corrected chi connectivity index (χ1v) is 7.14. The van der Waals surface area contributed by atoms with Crippen molar-refractivity contribution in [3.05, 3.63) is 44.4 Å². The van der Waals surface area contributed by atoms with Gasteiger partial charge >= 0.3 is 6.48 Å². The first-order valence-electron chi connectivity index (χ1n) is 5.63. The second kappa shape index (κ2) is 5.54. The van der Waals surface area contributed by atoms with E-state index in [1.807, 2.05) is 0 Å². The molecule has 1 aliphatic heterocycles. The number of benzene rings is 2. The molecule has 0 bridgehead atoms. The normalized spacial score (nSPS) is 13.5. The molecule has 21 heavy (non-hydrogen) atoms. The highest BCUT2D eigenvalue weighted by atomic mass is 35.5. The van der Waals surface area contributed by atoms with Crippen LogP contribution in [0, 0.1) is 0 Å². The summed E-state index contributed by atoms with van der Waals surface area (Å²) in [4.78, 5) is 0. The van der Waals surface area contributed by atoms with E-state index in [1.54, 1.807) is 24.3 Å². The Morgan fingerprint density at radius 1 is 0.857 bits per heavy atom. The van der Waals surface area contributed by atoms with Crippen molar-refractivity contribution in [2.24, 2.45) is 0 Å². The molecule has 3 rings (SSSR count). The van der Waals surface area contributed by atoms with Gasteiger partial charge in [-0.05, 0) is 12.1 Å². The van der Waals surface area contributed by atoms with Crippen molar-refractivity contribution in [2.45, 2.75) is 6.48 Å². The molecule has 8 heteroatoms. The number of phenolic OH excluding ortho intramolecular Hbond substituents is 1. The maximum absolute atomic E-state index is 9.64. The standard InChI is InChI=1S/C13H6Cl4O4/c14-7-9(16)12(10(17)8(15)11(7)18)21-13-19-5-3-1-2-4-6(5)20-13/h1-4,13,18H. The Bertz CT molecular complexity index is 666. The van der Waals surface area contributed by atoms with Gasteiger partial charge in [0.05, 0.1) is 0 Å². The minimum Gasteiger partial charge on any atom is -0.505 e. The molecule has 1 aliphatic rings. The zero-order valence-electron chi connectivity index (χ0n) is 10.1. The van der Waals surface area contributed by atoms with Crippen LogP contribution < -0.4 is 14.2 Å². The van der Waals surface area contributed by atoms with Gasteiger partial charge < -0.3 is 19.3 Å². The lowest BCUT2D eigenvalue weighted by atomic mass is 10.3. The van der Waals surface area contributed by atoms with Gasteiger partial charge in [0, 0.05) is 0 Å². The van der Waals surface area contributed by atoms with Crippen molar-refractivity contribution in [3.63, 3.8) is 0 Å². The molecule has 110 valence electrons. The monoisotopic (exact) mass is 366 g/mol. The summed E-state index contributed by atoms with van der Waals surface area (Å²) in [5.74, 6) is 0.581. The molecule has 0 saturated heterocycles. The number of hydrogen-bond donors (Lipinski definition) is 1. The summed E-state index contributed by atoms with van der Waals surface area (Å²) in [5.41, 5.74) is 0. The molecule has 2 aromatic carbocycles. The molecule has 0 saturated carbocycles. The average molecular weight is 368 g/mol. The fourth-order valence-electron chi connectivity index (χ4n) is 1.72. The highest BCUT2D eigenvalue weighted by Gasteiger charge is 2.29. The highest BCUT2D eigenvalue weighted by molar-refractivity contribution is 6.50. The number of phenols is 1. The summed E-state index contributed by atoms with van der Waals surface area (Å²) in [5, 5.41) is 9.12. The fourth-order valence-corrected chi connectivity index (χ4v) is 2.64. The van der Waals surface area contributed by atoms with Crippen LogP contribution in [0.3, 0.4) is 0 Å². The Hall–Kier alpha value is -1.20. The third-order valence-corrected chi connectivity index (χ3v) is 4.36. The molecule has 0 aliphatic carbocycles. The number of hydrogen-bond acceptors (Lipinski definition) is 4. The molecule has 0 amide bonds. The number of ether oxygens (including phenoxy) is 3. The van der Waals surface area contributed by atoms with Gasteiger partial charge in [0.2, 0.25) is 0 Å². The van der Waals surface area contributed by atoms with E-state index in [-0.39, 0.29) is 25.8 Å². The van der Waals surface area contributed by atoms with Crippen molar-refractivity contribution >= 4 is 46.4 Å². The van der Waals surface area contributed by atoms with Crippen LogP contribution in [-0.4, -0.2) is 11.6 Å². The smallest absolute Gasteiger partial charge is 0.406 e. The van der Waals surface area contributed by atoms with Crippen LogP contribution in [0.15, 0.2) is 24.3 Å². The zero-order chi connectivity index (χ0) is 15.1. The van der Waals surface area contributed by atoms with E-state index in [0.717, 1.165) is 0 Å². The van der Waals surface area contributed by atoms with Crippen LogP contribution in [0.25, 0.3) is 0 Å². The largest absolute Gasteiger partial charge is 0.505 e. The third kappa shape index (κ3) is 2.53. The summed E-state index contributed by atoms with van der Waals surface area (Å²) in [6.07, 6.45) is 0. The molecular weight excluding hydrogens is 362 g/mol. The Labute approximate surface area is 139 Å².